The number of aromatic nitrogens is 3. The smallest absolute Gasteiger partial charge is 0.178 e. The zero-order chi connectivity index (χ0) is 11.7. The van der Waals surface area contributed by atoms with Gasteiger partial charge in [0.2, 0.25) is 0 Å². The first kappa shape index (κ1) is 9.72. The Labute approximate surface area is 98.2 Å². The summed E-state index contributed by atoms with van der Waals surface area (Å²) < 4.78 is 0. The van der Waals surface area contributed by atoms with Gasteiger partial charge in [0.25, 0.3) is 0 Å². The first-order valence-electron chi connectivity index (χ1n) is 5.26. The molecule has 0 aliphatic heterocycles. The lowest BCUT2D eigenvalue weighted by Gasteiger charge is -2.02. The maximum absolute atomic E-state index is 5.65. The van der Waals surface area contributed by atoms with Crippen molar-refractivity contribution in [3.63, 3.8) is 0 Å². The third-order valence-electron chi connectivity index (χ3n) is 2.52. The van der Waals surface area contributed by atoms with Crippen LogP contribution in [0.15, 0.2) is 48.8 Å². The fourth-order valence-electron chi connectivity index (χ4n) is 1.64. The number of hydrogen-bond donors (Lipinski definition) is 1. The molecule has 4 heteroatoms. The molecular formula is C13H10N4. The predicted octanol–water partition coefficient (Wildman–Crippen LogP) is 2.27. The fraction of sp³-hybridized carbons (Fsp3) is 0. The summed E-state index contributed by atoms with van der Waals surface area (Å²) in [5.74, 6) is 0. The van der Waals surface area contributed by atoms with E-state index in [0.29, 0.717) is 5.65 Å². The maximum Gasteiger partial charge on any atom is 0.178 e. The third-order valence-corrected chi connectivity index (χ3v) is 2.52. The zero-order valence-corrected chi connectivity index (χ0v) is 9.04. The zero-order valence-electron chi connectivity index (χ0n) is 9.04. The normalized spacial score (nSPS) is 10.6. The minimum Gasteiger partial charge on any atom is -0.399 e. The summed E-state index contributed by atoms with van der Waals surface area (Å²) >= 11 is 0. The molecule has 0 saturated heterocycles. The lowest BCUT2D eigenvalue weighted by Crippen LogP contribution is -1.91. The van der Waals surface area contributed by atoms with Crippen LogP contribution in [0.25, 0.3) is 22.4 Å². The first-order valence-corrected chi connectivity index (χ1v) is 5.26. The lowest BCUT2D eigenvalue weighted by molar-refractivity contribution is 1.23. The molecule has 0 amide bonds. The number of benzene rings is 1. The fourth-order valence-corrected chi connectivity index (χ4v) is 1.64. The molecule has 2 N–H and O–H groups in total. The van der Waals surface area contributed by atoms with E-state index in [2.05, 4.69) is 15.0 Å². The van der Waals surface area contributed by atoms with Gasteiger partial charge in [0.15, 0.2) is 5.65 Å². The summed E-state index contributed by atoms with van der Waals surface area (Å²) in [5, 5.41) is 0. The maximum atomic E-state index is 5.65. The number of nitrogens with zero attached hydrogens (tertiary/aromatic N) is 3. The van der Waals surface area contributed by atoms with E-state index in [4.69, 9.17) is 5.73 Å². The summed E-state index contributed by atoms with van der Waals surface area (Å²) in [5.41, 5.74) is 9.62. The number of fused-ring (bicyclic) bond motifs is 1. The second-order valence-electron chi connectivity index (χ2n) is 3.72. The largest absolute Gasteiger partial charge is 0.399 e. The van der Waals surface area contributed by atoms with Crippen molar-refractivity contribution in [2.45, 2.75) is 0 Å². The first-order chi connectivity index (χ1) is 8.33. The summed E-state index contributed by atoms with van der Waals surface area (Å²) in [6, 6.07) is 11.3. The summed E-state index contributed by atoms with van der Waals surface area (Å²) in [6.45, 7) is 0. The Morgan fingerprint density at radius 2 is 1.76 bits per heavy atom. The highest BCUT2D eigenvalue weighted by Crippen LogP contribution is 2.19. The number of rotatable bonds is 1. The highest BCUT2D eigenvalue weighted by Gasteiger charge is 2.02. The molecular weight excluding hydrogens is 212 g/mol. The van der Waals surface area contributed by atoms with Gasteiger partial charge in [-0.15, -0.1) is 0 Å². The number of hydrogen-bond acceptors (Lipinski definition) is 4. The Kier molecular flexibility index (Phi) is 2.19. The van der Waals surface area contributed by atoms with Crippen LogP contribution in [-0.2, 0) is 0 Å². The highest BCUT2D eigenvalue weighted by atomic mass is 14.9. The van der Waals surface area contributed by atoms with Crippen LogP contribution in [0, 0.1) is 0 Å². The van der Waals surface area contributed by atoms with Crippen molar-refractivity contribution in [2.24, 2.45) is 0 Å². The monoisotopic (exact) mass is 222 g/mol. The average molecular weight is 222 g/mol. The van der Waals surface area contributed by atoms with Crippen molar-refractivity contribution in [1.29, 1.82) is 0 Å². The average Bonchev–Trinajstić information content (AvgIpc) is 2.39. The van der Waals surface area contributed by atoms with E-state index in [0.717, 1.165) is 22.5 Å². The molecule has 4 nitrogen and oxygen atoms in total. The molecule has 3 aromatic rings. The Bertz CT molecular complexity index is 662. The van der Waals surface area contributed by atoms with Gasteiger partial charge in [0.05, 0.1) is 11.9 Å². The van der Waals surface area contributed by atoms with E-state index in [-0.39, 0.29) is 0 Å². The van der Waals surface area contributed by atoms with Gasteiger partial charge in [-0.05, 0) is 24.3 Å². The van der Waals surface area contributed by atoms with Gasteiger partial charge >= 0.3 is 0 Å². The van der Waals surface area contributed by atoms with Gasteiger partial charge < -0.3 is 5.73 Å². The molecule has 2 aromatic heterocycles. The molecule has 82 valence electrons. The number of pyridine rings is 1. The Morgan fingerprint density at radius 3 is 2.59 bits per heavy atom. The van der Waals surface area contributed by atoms with Gasteiger partial charge in [-0.3, -0.25) is 4.98 Å². The van der Waals surface area contributed by atoms with Crippen LogP contribution in [0.1, 0.15) is 0 Å². The molecule has 0 unspecified atom stereocenters. The lowest BCUT2D eigenvalue weighted by atomic mass is 10.1. The van der Waals surface area contributed by atoms with Gasteiger partial charge in [-0.25, -0.2) is 9.97 Å². The van der Waals surface area contributed by atoms with Crippen LogP contribution < -0.4 is 5.73 Å². The topological polar surface area (TPSA) is 64.7 Å². The van der Waals surface area contributed by atoms with E-state index >= 15 is 0 Å². The van der Waals surface area contributed by atoms with Crippen LogP contribution in [0.5, 0.6) is 0 Å². The van der Waals surface area contributed by atoms with Crippen LogP contribution in [0.2, 0.25) is 0 Å². The van der Waals surface area contributed by atoms with Crippen molar-refractivity contribution < 1.29 is 0 Å². The quantitative estimate of drug-likeness (QED) is 0.641. The van der Waals surface area contributed by atoms with Crippen molar-refractivity contribution >= 4 is 16.9 Å². The molecule has 0 radical (unpaired) electrons. The molecule has 2 heterocycles. The summed E-state index contributed by atoms with van der Waals surface area (Å²) in [7, 11) is 0. The summed E-state index contributed by atoms with van der Waals surface area (Å²) in [6.07, 6.45) is 3.46. The Hall–Kier alpha value is -2.49. The van der Waals surface area contributed by atoms with Crippen LogP contribution >= 0.6 is 0 Å². The Morgan fingerprint density at radius 1 is 0.941 bits per heavy atom. The van der Waals surface area contributed by atoms with E-state index in [1.54, 1.807) is 12.4 Å². The van der Waals surface area contributed by atoms with E-state index in [1.165, 1.54) is 0 Å². The number of anilines is 1. The number of nitrogen functional groups attached to an aromatic ring is 1. The van der Waals surface area contributed by atoms with E-state index in [9.17, 15) is 0 Å². The molecule has 0 atom stereocenters. The van der Waals surface area contributed by atoms with Crippen LogP contribution in [0.4, 0.5) is 5.69 Å². The van der Waals surface area contributed by atoms with Crippen LogP contribution in [-0.4, -0.2) is 15.0 Å². The van der Waals surface area contributed by atoms with Gasteiger partial charge in [0, 0.05) is 17.4 Å². The molecule has 17 heavy (non-hydrogen) atoms. The Balaban J connectivity index is 2.14. The molecule has 0 fully saturated rings. The standard InChI is InChI=1S/C13H10N4/c14-10-5-3-9(4-6-10)12-8-16-11-2-1-7-15-13(11)17-12/h1-8H,14H2. The van der Waals surface area contributed by atoms with E-state index < -0.39 is 0 Å². The minimum atomic E-state index is 0.654. The molecule has 0 saturated carbocycles. The van der Waals surface area contributed by atoms with E-state index in [1.807, 2.05) is 36.4 Å². The minimum absolute atomic E-state index is 0.654. The SMILES string of the molecule is Nc1ccc(-c2cnc3cccnc3n2)cc1. The molecule has 0 aliphatic rings. The van der Waals surface area contributed by atoms with Gasteiger partial charge in [-0.2, -0.15) is 0 Å². The van der Waals surface area contributed by atoms with Crippen molar-refractivity contribution in [3.05, 3.63) is 48.8 Å². The number of nitrogens with two attached hydrogens (primary N) is 1. The predicted molar refractivity (Wildman–Crippen MR) is 67.2 cm³/mol. The highest BCUT2D eigenvalue weighted by molar-refractivity contribution is 5.73. The van der Waals surface area contributed by atoms with Gasteiger partial charge in [-0.1, -0.05) is 12.1 Å². The van der Waals surface area contributed by atoms with Gasteiger partial charge in [0.1, 0.15) is 5.52 Å². The van der Waals surface area contributed by atoms with Crippen molar-refractivity contribution in [3.8, 4) is 11.3 Å². The van der Waals surface area contributed by atoms with Crippen LogP contribution in [0.3, 0.4) is 0 Å². The molecule has 1 aromatic carbocycles. The molecule has 0 aliphatic carbocycles. The molecule has 3 rings (SSSR count). The van der Waals surface area contributed by atoms with Crippen molar-refractivity contribution in [2.75, 3.05) is 5.73 Å². The second kappa shape index (κ2) is 3.83. The van der Waals surface area contributed by atoms with Crippen molar-refractivity contribution in [1.82, 2.24) is 15.0 Å². The second-order valence-corrected chi connectivity index (χ2v) is 3.72. The molecule has 0 bridgehead atoms. The third kappa shape index (κ3) is 1.80. The molecule has 0 spiro atoms. The summed E-state index contributed by atoms with van der Waals surface area (Å²) in [4.78, 5) is 13.0.